The first-order chi connectivity index (χ1) is 11.0. The Bertz CT molecular complexity index is 723. The molecule has 1 aromatic carbocycles. The molecule has 0 aliphatic rings. The zero-order chi connectivity index (χ0) is 16.8. The van der Waals surface area contributed by atoms with Crippen molar-refractivity contribution in [1.29, 1.82) is 0 Å². The molecule has 23 heavy (non-hydrogen) atoms. The minimum absolute atomic E-state index is 0.0106. The zero-order valence-electron chi connectivity index (χ0n) is 13.9. The third kappa shape index (κ3) is 4.06. The van der Waals surface area contributed by atoms with Crippen LogP contribution in [-0.4, -0.2) is 22.0 Å². The van der Waals surface area contributed by atoms with Crippen molar-refractivity contribution in [3.63, 3.8) is 0 Å². The summed E-state index contributed by atoms with van der Waals surface area (Å²) in [6.07, 6.45) is 2.27. The molecule has 1 heterocycles. The fourth-order valence-corrected chi connectivity index (χ4v) is 2.52. The van der Waals surface area contributed by atoms with E-state index in [9.17, 15) is 9.59 Å². The summed E-state index contributed by atoms with van der Waals surface area (Å²) in [5.41, 5.74) is 2.35. The second kappa shape index (κ2) is 7.72. The summed E-state index contributed by atoms with van der Waals surface area (Å²) in [4.78, 5) is 28.6. The van der Waals surface area contributed by atoms with Gasteiger partial charge in [-0.3, -0.25) is 14.2 Å². The highest BCUT2D eigenvalue weighted by atomic mass is 16.2. The Labute approximate surface area is 136 Å². The number of amides is 1. The van der Waals surface area contributed by atoms with Crippen molar-refractivity contribution in [1.82, 2.24) is 14.9 Å². The second-order valence-corrected chi connectivity index (χ2v) is 5.62. The molecular formula is C18H23N3O2. The molecule has 0 saturated carbocycles. The first-order valence-corrected chi connectivity index (χ1v) is 7.90. The van der Waals surface area contributed by atoms with Crippen molar-refractivity contribution >= 4 is 5.91 Å². The summed E-state index contributed by atoms with van der Waals surface area (Å²) in [7, 11) is 0. The number of nitrogens with zero attached hydrogens (tertiary/aromatic N) is 2. The SMILES string of the molecule is CCC(C(=O)NCCn1cnc(C)c(C)c1=O)c1ccccc1. The molecule has 1 unspecified atom stereocenters. The highest BCUT2D eigenvalue weighted by Crippen LogP contribution is 2.18. The van der Waals surface area contributed by atoms with Crippen molar-refractivity contribution in [3.8, 4) is 0 Å². The second-order valence-electron chi connectivity index (χ2n) is 5.62. The maximum absolute atomic E-state index is 12.4. The van der Waals surface area contributed by atoms with Crippen LogP contribution in [0.25, 0.3) is 0 Å². The summed E-state index contributed by atoms with van der Waals surface area (Å²) in [6, 6.07) is 9.74. The monoisotopic (exact) mass is 313 g/mol. The topological polar surface area (TPSA) is 64.0 Å². The minimum atomic E-state index is -0.161. The van der Waals surface area contributed by atoms with Crippen LogP contribution in [0.1, 0.15) is 36.1 Å². The average molecular weight is 313 g/mol. The maximum Gasteiger partial charge on any atom is 0.256 e. The molecular weight excluding hydrogens is 290 g/mol. The van der Waals surface area contributed by atoms with E-state index in [1.165, 1.54) is 10.9 Å². The standard InChI is InChI=1S/C18H23N3O2/c1-4-16(15-8-6-5-7-9-15)17(22)19-10-11-21-12-20-14(3)13(2)18(21)23/h5-9,12,16H,4,10-11H2,1-3H3,(H,19,22). The van der Waals surface area contributed by atoms with Gasteiger partial charge in [0.25, 0.3) is 5.56 Å². The minimum Gasteiger partial charge on any atom is -0.354 e. The summed E-state index contributed by atoms with van der Waals surface area (Å²) in [6.45, 7) is 6.40. The predicted octanol–water partition coefficient (Wildman–Crippen LogP) is 2.17. The van der Waals surface area contributed by atoms with Gasteiger partial charge in [0.05, 0.1) is 12.2 Å². The lowest BCUT2D eigenvalue weighted by atomic mass is 9.96. The van der Waals surface area contributed by atoms with E-state index in [2.05, 4.69) is 10.3 Å². The molecule has 1 atom stereocenters. The number of benzene rings is 1. The van der Waals surface area contributed by atoms with E-state index in [1.54, 1.807) is 6.92 Å². The molecule has 0 bridgehead atoms. The first-order valence-electron chi connectivity index (χ1n) is 7.90. The van der Waals surface area contributed by atoms with Crippen LogP contribution in [0.5, 0.6) is 0 Å². The Balaban J connectivity index is 1.97. The lowest BCUT2D eigenvalue weighted by Gasteiger charge is -2.16. The van der Waals surface area contributed by atoms with Gasteiger partial charge in [-0.05, 0) is 25.8 Å². The van der Waals surface area contributed by atoms with E-state index >= 15 is 0 Å². The molecule has 0 saturated heterocycles. The molecule has 0 fully saturated rings. The van der Waals surface area contributed by atoms with E-state index < -0.39 is 0 Å². The van der Waals surface area contributed by atoms with Gasteiger partial charge >= 0.3 is 0 Å². The van der Waals surface area contributed by atoms with Gasteiger partial charge in [-0.25, -0.2) is 4.98 Å². The van der Waals surface area contributed by atoms with E-state index in [1.807, 2.05) is 44.2 Å². The van der Waals surface area contributed by atoms with Crippen LogP contribution >= 0.6 is 0 Å². The van der Waals surface area contributed by atoms with Crippen molar-refractivity contribution < 1.29 is 4.79 Å². The number of hydrogen-bond acceptors (Lipinski definition) is 3. The van der Waals surface area contributed by atoms with E-state index in [0.717, 1.165) is 17.7 Å². The van der Waals surface area contributed by atoms with Gasteiger partial charge in [-0.1, -0.05) is 37.3 Å². The number of carbonyl (C=O) groups excluding carboxylic acids is 1. The number of hydrogen-bond donors (Lipinski definition) is 1. The molecule has 2 aromatic rings. The van der Waals surface area contributed by atoms with Gasteiger partial charge in [-0.2, -0.15) is 0 Å². The molecule has 5 heteroatoms. The van der Waals surface area contributed by atoms with Crippen molar-refractivity contribution in [2.24, 2.45) is 0 Å². The lowest BCUT2D eigenvalue weighted by molar-refractivity contribution is -0.122. The predicted molar refractivity (Wildman–Crippen MR) is 90.5 cm³/mol. The highest BCUT2D eigenvalue weighted by Gasteiger charge is 2.17. The van der Waals surface area contributed by atoms with Crippen molar-refractivity contribution in [2.75, 3.05) is 6.54 Å². The van der Waals surface area contributed by atoms with Gasteiger partial charge in [-0.15, -0.1) is 0 Å². The van der Waals surface area contributed by atoms with Crippen molar-refractivity contribution in [2.45, 2.75) is 39.7 Å². The molecule has 122 valence electrons. The third-order valence-electron chi connectivity index (χ3n) is 4.09. The quantitative estimate of drug-likeness (QED) is 0.889. The molecule has 1 N–H and O–H groups in total. The molecule has 1 aromatic heterocycles. The molecule has 2 rings (SSSR count). The third-order valence-corrected chi connectivity index (χ3v) is 4.09. The van der Waals surface area contributed by atoms with Gasteiger partial charge in [0.2, 0.25) is 5.91 Å². The van der Waals surface area contributed by atoms with Gasteiger partial charge in [0, 0.05) is 24.3 Å². The van der Waals surface area contributed by atoms with Crippen LogP contribution < -0.4 is 10.9 Å². The Kier molecular flexibility index (Phi) is 5.68. The molecule has 0 aliphatic carbocycles. The Hall–Kier alpha value is -2.43. The lowest BCUT2D eigenvalue weighted by Crippen LogP contribution is -2.34. The molecule has 5 nitrogen and oxygen atoms in total. The highest BCUT2D eigenvalue weighted by molar-refractivity contribution is 5.83. The van der Waals surface area contributed by atoms with Crippen LogP contribution in [0.3, 0.4) is 0 Å². The normalized spacial score (nSPS) is 12.0. The number of carbonyl (C=O) groups is 1. The van der Waals surface area contributed by atoms with Gasteiger partial charge in [0.15, 0.2) is 0 Å². The summed E-state index contributed by atoms with van der Waals surface area (Å²) in [5, 5.41) is 2.92. The van der Waals surface area contributed by atoms with E-state index in [0.29, 0.717) is 18.7 Å². The summed E-state index contributed by atoms with van der Waals surface area (Å²) in [5.74, 6) is -0.172. The molecule has 1 amide bonds. The van der Waals surface area contributed by atoms with Crippen LogP contribution in [0, 0.1) is 13.8 Å². The average Bonchev–Trinajstić information content (AvgIpc) is 2.56. The summed E-state index contributed by atoms with van der Waals surface area (Å²) >= 11 is 0. The number of aromatic nitrogens is 2. The number of rotatable bonds is 6. The maximum atomic E-state index is 12.4. The Morgan fingerprint density at radius 1 is 1.26 bits per heavy atom. The number of aryl methyl sites for hydroxylation is 1. The fraction of sp³-hybridized carbons (Fsp3) is 0.389. The Morgan fingerprint density at radius 3 is 2.61 bits per heavy atom. The molecule has 0 radical (unpaired) electrons. The smallest absolute Gasteiger partial charge is 0.256 e. The zero-order valence-corrected chi connectivity index (χ0v) is 13.9. The van der Waals surface area contributed by atoms with Gasteiger partial charge < -0.3 is 5.32 Å². The van der Waals surface area contributed by atoms with Crippen LogP contribution in [0.2, 0.25) is 0 Å². The van der Waals surface area contributed by atoms with Crippen molar-refractivity contribution in [3.05, 3.63) is 63.8 Å². The largest absolute Gasteiger partial charge is 0.354 e. The van der Waals surface area contributed by atoms with Crippen LogP contribution in [0.15, 0.2) is 41.5 Å². The van der Waals surface area contributed by atoms with Gasteiger partial charge in [0.1, 0.15) is 0 Å². The molecule has 0 aliphatic heterocycles. The Morgan fingerprint density at radius 2 is 1.96 bits per heavy atom. The fourth-order valence-electron chi connectivity index (χ4n) is 2.52. The first kappa shape index (κ1) is 16.9. The number of nitrogens with one attached hydrogen (secondary N) is 1. The van der Waals surface area contributed by atoms with E-state index in [-0.39, 0.29) is 17.4 Å². The van der Waals surface area contributed by atoms with E-state index in [4.69, 9.17) is 0 Å². The molecule has 0 spiro atoms. The summed E-state index contributed by atoms with van der Waals surface area (Å²) < 4.78 is 1.53. The van der Waals surface area contributed by atoms with Crippen LogP contribution in [-0.2, 0) is 11.3 Å². The van der Waals surface area contributed by atoms with Crippen LogP contribution in [0.4, 0.5) is 0 Å².